The Labute approximate surface area is 168 Å². The van der Waals surface area contributed by atoms with E-state index in [1.54, 1.807) is 0 Å². The Bertz CT molecular complexity index is 698. The molecule has 1 aromatic carbocycles. The summed E-state index contributed by atoms with van der Waals surface area (Å²) >= 11 is 0. The highest BCUT2D eigenvalue weighted by Crippen LogP contribution is 2.33. The lowest BCUT2D eigenvalue weighted by molar-refractivity contribution is -0.150. The molecule has 1 aliphatic rings. The number of carbonyl (C=O) groups is 2. The van der Waals surface area contributed by atoms with Gasteiger partial charge in [-0.2, -0.15) is 13.2 Å². The average molecular weight is 417 g/mol. The first kappa shape index (κ1) is 23.2. The number of piperidine rings is 1. The van der Waals surface area contributed by atoms with Crippen molar-refractivity contribution >= 4 is 11.9 Å². The summed E-state index contributed by atoms with van der Waals surface area (Å²) in [6.07, 6.45) is 1.09. The maximum absolute atomic E-state index is 13.4. The number of likely N-dealkylation sites (tertiary alicyclic amines) is 1. The first-order chi connectivity index (χ1) is 13.7. The van der Waals surface area contributed by atoms with Gasteiger partial charge in [-0.25, -0.2) is 4.39 Å². The molecule has 0 bridgehead atoms. The molecule has 0 aromatic heterocycles. The molecule has 0 saturated carbocycles. The Kier molecular flexibility index (Phi) is 8.46. The van der Waals surface area contributed by atoms with Crippen molar-refractivity contribution < 1.29 is 31.9 Å². The molecule has 1 heterocycles. The van der Waals surface area contributed by atoms with Crippen LogP contribution >= 0.6 is 0 Å². The van der Waals surface area contributed by atoms with Crippen LogP contribution in [0.1, 0.15) is 67.8 Å². The molecule has 0 unspecified atom stereocenters. The van der Waals surface area contributed by atoms with Gasteiger partial charge in [0.05, 0.1) is 23.7 Å². The van der Waals surface area contributed by atoms with Crippen LogP contribution in [0.15, 0.2) is 18.2 Å². The molecule has 1 aliphatic heterocycles. The summed E-state index contributed by atoms with van der Waals surface area (Å²) in [5.74, 6) is -2.48. The number of rotatable bonds is 8. The van der Waals surface area contributed by atoms with Gasteiger partial charge in [-0.05, 0) is 37.5 Å². The molecule has 1 saturated heterocycles. The monoisotopic (exact) mass is 417 g/mol. The molecule has 0 N–H and O–H groups in total. The van der Waals surface area contributed by atoms with E-state index in [-0.39, 0.29) is 25.0 Å². The first-order valence-electron chi connectivity index (χ1n) is 10.1. The zero-order chi connectivity index (χ0) is 21.4. The Balaban J connectivity index is 1.87. The Hall–Kier alpha value is -2.12. The maximum atomic E-state index is 13.4. The number of unbranched alkanes of at least 4 members (excludes halogenated alkanes) is 4. The Morgan fingerprint density at radius 2 is 1.76 bits per heavy atom. The van der Waals surface area contributed by atoms with E-state index in [4.69, 9.17) is 4.74 Å². The predicted octanol–water partition coefficient (Wildman–Crippen LogP) is 5.21. The zero-order valence-corrected chi connectivity index (χ0v) is 16.6. The summed E-state index contributed by atoms with van der Waals surface area (Å²) in [5.41, 5.74) is -1.86. The van der Waals surface area contributed by atoms with Crippen molar-refractivity contribution in [1.82, 2.24) is 4.90 Å². The van der Waals surface area contributed by atoms with E-state index in [0.717, 1.165) is 32.1 Å². The van der Waals surface area contributed by atoms with Gasteiger partial charge in [-0.3, -0.25) is 9.59 Å². The smallest absolute Gasteiger partial charge is 0.417 e. The normalized spacial score (nSPS) is 15.4. The topological polar surface area (TPSA) is 46.6 Å². The van der Waals surface area contributed by atoms with Gasteiger partial charge in [0.15, 0.2) is 0 Å². The predicted molar refractivity (Wildman–Crippen MR) is 99.7 cm³/mol. The Morgan fingerprint density at radius 1 is 1.10 bits per heavy atom. The van der Waals surface area contributed by atoms with Crippen LogP contribution < -0.4 is 0 Å². The number of benzene rings is 1. The quantitative estimate of drug-likeness (QED) is 0.331. The number of amides is 1. The van der Waals surface area contributed by atoms with Crippen LogP contribution in [-0.4, -0.2) is 36.5 Å². The van der Waals surface area contributed by atoms with Crippen molar-refractivity contribution in [3.05, 3.63) is 35.1 Å². The van der Waals surface area contributed by atoms with E-state index in [0.29, 0.717) is 37.6 Å². The third-order valence-electron chi connectivity index (χ3n) is 5.13. The zero-order valence-electron chi connectivity index (χ0n) is 16.6. The number of alkyl halides is 3. The molecule has 0 atom stereocenters. The molecule has 162 valence electrons. The molecule has 1 fully saturated rings. The van der Waals surface area contributed by atoms with Gasteiger partial charge < -0.3 is 9.64 Å². The van der Waals surface area contributed by atoms with Crippen LogP contribution in [-0.2, 0) is 15.7 Å². The van der Waals surface area contributed by atoms with Gasteiger partial charge in [0.25, 0.3) is 5.91 Å². The molecule has 1 amide bonds. The third kappa shape index (κ3) is 6.72. The fourth-order valence-corrected chi connectivity index (χ4v) is 3.43. The lowest BCUT2D eigenvalue weighted by Gasteiger charge is -2.31. The van der Waals surface area contributed by atoms with Gasteiger partial charge in [0, 0.05) is 13.1 Å². The van der Waals surface area contributed by atoms with Gasteiger partial charge >= 0.3 is 12.1 Å². The summed E-state index contributed by atoms with van der Waals surface area (Å²) in [4.78, 5) is 25.9. The largest absolute Gasteiger partial charge is 0.465 e. The minimum absolute atomic E-state index is 0.128. The fourth-order valence-electron chi connectivity index (χ4n) is 3.43. The average Bonchev–Trinajstić information content (AvgIpc) is 2.69. The standard InChI is InChI=1S/C21H27F4NO3/c1-2-3-4-5-6-13-29-20(28)15-9-11-26(12-10-15)19(27)17-14-16(22)7-8-18(17)21(23,24)25/h7-8,14-15H,2-6,9-13H2,1H3. The van der Waals surface area contributed by atoms with Crippen molar-refractivity contribution in [2.45, 2.75) is 58.0 Å². The van der Waals surface area contributed by atoms with E-state index in [2.05, 4.69) is 6.92 Å². The van der Waals surface area contributed by atoms with Crippen molar-refractivity contribution in [1.29, 1.82) is 0 Å². The maximum Gasteiger partial charge on any atom is 0.417 e. The first-order valence-corrected chi connectivity index (χ1v) is 10.1. The summed E-state index contributed by atoms with van der Waals surface area (Å²) in [6, 6.07) is 1.88. The molecule has 4 nitrogen and oxygen atoms in total. The second-order valence-electron chi connectivity index (χ2n) is 7.34. The third-order valence-corrected chi connectivity index (χ3v) is 5.13. The van der Waals surface area contributed by atoms with E-state index < -0.39 is 29.0 Å². The molecule has 0 aliphatic carbocycles. The van der Waals surface area contributed by atoms with Crippen LogP contribution in [0.5, 0.6) is 0 Å². The van der Waals surface area contributed by atoms with E-state index >= 15 is 0 Å². The number of nitrogens with zero attached hydrogens (tertiary/aromatic N) is 1. The highest BCUT2D eigenvalue weighted by Gasteiger charge is 2.37. The minimum Gasteiger partial charge on any atom is -0.465 e. The summed E-state index contributed by atoms with van der Waals surface area (Å²) in [7, 11) is 0. The highest BCUT2D eigenvalue weighted by atomic mass is 19.4. The van der Waals surface area contributed by atoms with E-state index in [1.165, 1.54) is 4.90 Å². The van der Waals surface area contributed by atoms with Gasteiger partial charge in [-0.1, -0.05) is 32.6 Å². The van der Waals surface area contributed by atoms with Crippen LogP contribution in [0.2, 0.25) is 0 Å². The summed E-state index contributed by atoms with van der Waals surface area (Å²) in [6.45, 7) is 2.74. The van der Waals surface area contributed by atoms with Crippen molar-refractivity contribution in [2.24, 2.45) is 5.92 Å². The molecule has 29 heavy (non-hydrogen) atoms. The number of halogens is 4. The lowest BCUT2D eigenvalue weighted by Crippen LogP contribution is -2.41. The van der Waals surface area contributed by atoms with Crippen molar-refractivity contribution in [2.75, 3.05) is 19.7 Å². The van der Waals surface area contributed by atoms with Gasteiger partial charge in [-0.15, -0.1) is 0 Å². The van der Waals surface area contributed by atoms with Crippen LogP contribution in [0, 0.1) is 11.7 Å². The second-order valence-corrected chi connectivity index (χ2v) is 7.34. The number of esters is 1. The molecule has 0 spiro atoms. The van der Waals surface area contributed by atoms with Gasteiger partial charge in [0.2, 0.25) is 0 Å². The van der Waals surface area contributed by atoms with Crippen LogP contribution in [0.4, 0.5) is 17.6 Å². The molecule has 1 aromatic rings. The van der Waals surface area contributed by atoms with E-state index in [1.807, 2.05) is 0 Å². The second kappa shape index (κ2) is 10.6. The number of hydrogen-bond donors (Lipinski definition) is 0. The van der Waals surface area contributed by atoms with E-state index in [9.17, 15) is 27.2 Å². The van der Waals surface area contributed by atoms with Crippen molar-refractivity contribution in [3.8, 4) is 0 Å². The number of hydrogen-bond acceptors (Lipinski definition) is 3. The lowest BCUT2D eigenvalue weighted by atomic mass is 9.96. The number of carbonyl (C=O) groups excluding carboxylic acids is 2. The highest BCUT2D eigenvalue weighted by molar-refractivity contribution is 5.96. The van der Waals surface area contributed by atoms with Crippen LogP contribution in [0.3, 0.4) is 0 Å². The summed E-state index contributed by atoms with van der Waals surface area (Å²) in [5, 5.41) is 0. The SMILES string of the molecule is CCCCCCCOC(=O)C1CCN(C(=O)c2cc(F)ccc2C(F)(F)F)CC1. The molecule has 0 radical (unpaired) electrons. The minimum atomic E-state index is -4.75. The molecular formula is C21H27F4NO3. The molecular weight excluding hydrogens is 390 g/mol. The fraction of sp³-hybridized carbons (Fsp3) is 0.619. The van der Waals surface area contributed by atoms with Crippen molar-refractivity contribution in [3.63, 3.8) is 0 Å². The Morgan fingerprint density at radius 3 is 2.38 bits per heavy atom. The molecule has 8 heteroatoms. The number of ether oxygens (including phenoxy) is 1. The summed E-state index contributed by atoms with van der Waals surface area (Å²) < 4.78 is 58.1. The van der Waals surface area contributed by atoms with Gasteiger partial charge in [0.1, 0.15) is 5.82 Å². The van der Waals surface area contributed by atoms with Crippen LogP contribution in [0.25, 0.3) is 0 Å². The molecule has 2 rings (SSSR count).